The van der Waals surface area contributed by atoms with Gasteiger partial charge < -0.3 is 10.6 Å². The molecule has 2 N–H and O–H groups in total. The Labute approximate surface area is 200 Å². The Morgan fingerprint density at radius 1 is 1.17 bits per heavy atom. The van der Waals surface area contributed by atoms with Gasteiger partial charge in [0.15, 0.2) is 11.2 Å². The Morgan fingerprint density at radius 2 is 1.97 bits per heavy atom. The van der Waals surface area contributed by atoms with Crippen molar-refractivity contribution in [2.75, 3.05) is 18.0 Å². The number of aromatic nitrogens is 5. The number of hydrogen-bond acceptors (Lipinski definition) is 6. The van der Waals surface area contributed by atoms with Crippen LogP contribution >= 0.6 is 0 Å². The molecule has 0 spiro atoms. The fourth-order valence-electron chi connectivity index (χ4n) is 4.62. The largest absolute Gasteiger partial charge is 0.341 e. The second kappa shape index (κ2) is 9.00. The lowest BCUT2D eigenvalue weighted by Gasteiger charge is -2.31. The van der Waals surface area contributed by atoms with Crippen molar-refractivity contribution >= 4 is 28.0 Å². The van der Waals surface area contributed by atoms with Gasteiger partial charge in [-0.25, -0.2) is 9.18 Å². The van der Waals surface area contributed by atoms with E-state index in [2.05, 4.69) is 21.7 Å². The zero-order chi connectivity index (χ0) is 24.7. The predicted molar refractivity (Wildman–Crippen MR) is 133 cm³/mol. The number of rotatable bonds is 4. The summed E-state index contributed by atoms with van der Waals surface area (Å²) in [5, 5.41) is 0.770. The topological polar surface area (TPSA) is 104 Å². The molecular formula is C25H26FN7O2. The maximum Gasteiger partial charge on any atom is 0.332 e. The summed E-state index contributed by atoms with van der Waals surface area (Å²) in [5.74, 6) is 6.08. The Kier molecular flexibility index (Phi) is 5.86. The molecule has 0 bridgehead atoms. The number of nitrogens with two attached hydrogens (primary N) is 1. The van der Waals surface area contributed by atoms with Gasteiger partial charge in [-0.2, -0.15) is 4.98 Å². The quantitative estimate of drug-likeness (QED) is 0.450. The first-order chi connectivity index (χ1) is 16.9. The van der Waals surface area contributed by atoms with Crippen LogP contribution in [0.25, 0.3) is 22.1 Å². The van der Waals surface area contributed by atoms with E-state index in [-0.39, 0.29) is 19.1 Å². The van der Waals surface area contributed by atoms with Crippen LogP contribution < -0.4 is 21.9 Å². The Morgan fingerprint density at radius 3 is 2.74 bits per heavy atom. The van der Waals surface area contributed by atoms with Crippen LogP contribution in [0.4, 0.5) is 10.3 Å². The third kappa shape index (κ3) is 4.08. The van der Waals surface area contributed by atoms with E-state index in [4.69, 9.17) is 10.7 Å². The van der Waals surface area contributed by atoms with E-state index in [1.54, 1.807) is 36.7 Å². The van der Waals surface area contributed by atoms with Crippen LogP contribution in [-0.4, -0.2) is 42.8 Å². The number of imidazole rings is 1. The zero-order valence-corrected chi connectivity index (χ0v) is 19.7. The van der Waals surface area contributed by atoms with Gasteiger partial charge in [-0.15, -0.1) is 5.92 Å². The number of fused-ring (bicyclic) bond motifs is 2. The molecule has 9 nitrogen and oxygen atoms in total. The summed E-state index contributed by atoms with van der Waals surface area (Å²) in [6.45, 7) is 3.31. The second-order valence-electron chi connectivity index (χ2n) is 8.82. The molecule has 35 heavy (non-hydrogen) atoms. The summed E-state index contributed by atoms with van der Waals surface area (Å²) in [6, 6.07) is 7.88. The molecule has 180 valence electrons. The smallest absolute Gasteiger partial charge is 0.332 e. The molecule has 5 rings (SSSR count). The highest BCUT2D eigenvalue weighted by Gasteiger charge is 2.26. The summed E-state index contributed by atoms with van der Waals surface area (Å²) in [5.41, 5.74) is 6.76. The lowest BCUT2D eigenvalue weighted by atomic mass is 10.1. The van der Waals surface area contributed by atoms with Crippen LogP contribution in [-0.2, 0) is 20.1 Å². The van der Waals surface area contributed by atoms with E-state index < -0.39 is 17.1 Å². The molecule has 1 aromatic carbocycles. The maximum absolute atomic E-state index is 13.7. The highest BCUT2D eigenvalue weighted by atomic mass is 19.1. The first kappa shape index (κ1) is 22.8. The molecule has 1 atom stereocenters. The monoisotopic (exact) mass is 475 g/mol. The fourth-order valence-corrected chi connectivity index (χ4v) is 4.62. The Bertz CT molecular complexity index is 1620. The predicted octanol–water partition coefficient (Wildman–Crippen LogP) is 1.58. The summed E-state index contributed by atoms with van der Waals surface area (Å²) < 4.78 is 18.0. The minimum Gasteiger partial charge on any atom is -0.341 e. The second-order valence-corrected chi connectivity index (χ2v) is 8.82. The molecule has 1 aliphatic heterocycles. The molecular weight excluding hydrogens is 449 g/mol. The van der Waals surface area contributed by atoms with E-state index in [9.17, 15) is 14.0 Å². The van der Waals surface area contributed by atoms with Gasteiger partial charge in [0.1, 0.15) is 5.82 Å². The van der Waals surface area contributed by atoms with Crippen LogP contribution in [0.2, 0.25) is 0 Å². The summed E-state index contributed by atoms with van der Waals surface area (Å²) in [4.78, 5) is 38.1. The standard InChI is InChI=1S/C25H26FN7O2/c1-3-4-12-32-21-22(29-24(32)31-11-5-6-18(27)14-31)30(2)25(35)33(23(21)34)15-19-10-8-16-7-9-17(26)13-20(16)28-19/h7-10,13,18H,5-6,11-12,14-15,27H2,1-2H3/t18-/m1/s1. The summed E-state index contributed by atoms with van der Waals surface area (Å²) in [6.07, 6.45) is 1.85. The van der Waals surface area contributed by atoms with Crippen LogP contribution in [0.1, 0.15) is 25.5 Å². The van der Waals surface area contributed by atoms with Crippen molar-refractivity contribution in [2.24, 2.45) is 12.8 Å². The first-order valence-corrected chi connectivity index (χ1v) is 11.5. The minimum absolute atomic E-state index is 0.0126. The number of pyridine rings is 1. The summed E-state index contributed by atoms with van der Waals surface area (Å²) in [7, 11) is 1.60. The Hall–Kier alpha value is -3.97. The summed E-state index contributed by atoms with van der Waals surface area (Å²) >= 11 is 0. The zero-order valence-electron chi connectivity index (χ0n) is 19.7. The van der Waals surface area contributed by atoms with Crippen molar-refractivity contribution in [3.63, 3.8) is 0 Å². The SMILES string of the molecule is CC#CCn1c(N2CCC[C@@H](N)C2)nc2c1c(=O)n(Cc1ccc3ccc(F)cc3n1)c(=O)n2C. The normalized spacial score (nSPS) is 16.0. The van der Waals surface area contributed by atoms with E-state index in [1.165, 1.54) is 16.7 Å². The number of aryl methyl sites for hydroxylation is 1. The van der Waals surface area contributed by atoms with Crippen molar-refractivity contribution in [1.29, 1.82) is 0 Å². The molecule has 1 saturated heterocycles. The van der Waals surface area contributed by atoms with Crippen molar-refractivity contribution in [2.45, 2.75) is 38.9 Å². The molecule has 0 amide bonds. The molecule has 0 unspecified atom stereocenters. The third-order valence-electron chi connectivity index (χ3n) is 6.40. The number of halogens is 1. The average molecular weight is 476 g/mol. The van der Waals surface area contributed by atoms with Crippen molar-refractivity contribution in [3.8, 4) is 11.8 Å². The van der Waals surface area contributed by atoms with Gasteiger partial charge in [0.2, 0.25) is 5.95 Å². The lowest BCUT2D eigenvalue weighted by Crippen LogP contribution is -2.44. The maximum atomic E-state index is 13.7. The first-order valence-electron chi connectivity index (χ1n) is 11.5. The van der Waals surface area contributed by atoms with E-state index >= 15 is 0 Å². The number of nitrogens with zero attached hydrogens (tertiary/aromatic N) is 6. The molecule has 3 aromatic heterocycles. The average Bonchev–Trinajstić information content (AvgIpc) is 3.23. The van der Waals surface area contributed by atoms with Gasteiger partial charge in [-0.1, -0.05) is 12.0 Å². The minimum atomic E-state index is -0.503. The molecule has 1 aliphatic rings. The Balaban J connectivity index is 1.67. The molecule has 0 radical (unpaired) electrons. The number of anilines is 1. The van der Waals surface area contributed by atoms with E-state index in [0.717, 1.165) is 29.3 Å². The number of piperidine rings is 1. The molecule has 0 aliphatic carbocycles. The van der Waals surface area contributed by atoms with Crippen molar-refractivity contribution in [1.82, 2.24) is 23.7 Å². The van der Waals surface area contributed by atoms with Gasteiger partial charge in [0.05, 0.1) is 24.3 Å². The highest BCUT2D eigenvalue weighted by molar-refractivity contribution is 5.78. The fraction of sp³-hybridized carbons (Fsp3) is 0.360. The van der Waals surface area contributed by atoms with Gasteiger partial charge in [0.25, 0.3) is 5.56 Å². The van der Waals surface area contributed by atoms with Gasteiger partial charge in [-0.3, -0.25) is 23.5 Å². The van der Waals surface area contributed by atoms with E-state index in [1.807, 2.05) is 0 Å². The molecule has 4 heterocycles. The van der Waals surface area contributed by atoms with Gasteiger partial charge in [0, 0.05) is 37.6 Å². The van der Waals surface area contributed by atoms with Crippen LogP contribution in [0.5, 0.6) is 0 Å². The van der Waals surface area contributed by atoms with Crippen molar-refractivity contribution < 1.29 is 4.39 Å². The third-order valence-corrected chi connectivity index (χ3v) is 6.40. The number of hydrogen-bond donors (Lipinski definition) is 1. The molecule has 0 saturated carbocycles. The lowest BCUT2D eigenvalue weighted by molar-refractivity contribution is 0.496. The van der Waals surface area contributed by atoms with Crippen molar-refractivity contribution in [3.05, 3.63) is 62.7 Å². The van der Waals surface area contributed by atoms with E-state index in [0.29, 0.717) is 34.9 Å². The number of benzene rings is 1. The molecule has 10 heteroatoms. The van der Waals surface area contributed by atoms with Crippen LogP contribution in [0, 0.1) is 17.7 Å². The molecule has 1 fully saturated rings. The van der Waals surface area contributed by atoms with Gasteiger partial charge >= 0.3 is 5.69 Å². The molecule has 4 aromatic rings. The van der Waals surface area contributed by atoms with Crippen LogP contribution in [0.15, 0.2) is 39.9 Å². The van der Waals surface area contributed by atoms with Gasteiger partial charge in [-0.05, 0) is 38.0 Å². The van der Waals surface area contributed by atoms with Crippen LogP contribution in [0.3, 0.4) is 0 Å². The highest BCUT2D eigenvalue weighted by Crippen LogP contribution is 2.23.